The van der Waals surface area contributed by atoms with Crippen molar-refractivity contribution in [3.8, 4) is 0 Å². The monoisotopic (exact) mass is 318 g/mol. The van der Waals surface area contributed by atoms with Gasteiger partial charge in [0.15, 0.2) is 9.84 Å². The maximum atomic E-state index is 12.4. The summed E-state index contributed by atoms with van der Waals surface area (Å²) in [5.74, 6) is -0.404. The number of nitrogen functional groups attached to an aromatic ring is 1. The van der Waals surface area contributed by atoms with E-state index in [1.807, 2.05) is 0 Å². The summed E-state index contributed by atoms with van der Waals surface area (Å²) in [5, 5.41) is 0. The Balaban J connectivity index is 2.19. The predicted molar refractivity (Wildman–Crippen MR) is 78.3 cm³/mol. The van der Waals surface area contributed by atoms with Crippen molar-refractivity contribution >= 4 is 25.5 Å². The molecule has 0 saturated carbocycles. The van der Waals surface area contributed by atoms with Gasteiger partial charge in [-0.1, -0.05) is 12.1 Å². The molecule has 0 aliphatic carbocycles. The van der Waals surface area contributed by atoms with E-state index in [0.29, 0.717) is 11.3 Å². The van der Waals surface area contributed by atoms with E-state index < -0.39 is 25.9 Å². The number of sulfonamides is 1. The van der Waals surface area contributed by atoms with Gasteiger partial charge in [0, 0.05) is 18.3 Å². The number of hydrogen-bond donors (Lipinski definition) is 1. The molecule has 1 aromatic rings. The van der Waals surface area contributed by atoms with Gasteiger partial charge in [-0.3, -0.25) is 0 Å². The molecule has 1 aliphatic heterocycles. The molecule has 1 saturated heterocycles. The van der Waals surface area contributed by atoms with Gasteiger partial charge in [-0.2, -0.15) is 4.31 Å². The van der Waals surface area contributed by atoms with Gasteiger partial charge in [0.05, 0.1) is 17.3 Å². The van der Waals surface area contributed by atoms with Crippen LogP contribution in [0.1, 0.15) is 12.5 Å². The second kappa shape index (κ2) is 5.34. The lowest BCUT2D eigenvalue weighted by atomic mass is 10.2. The van der Waals surface area contributed by atoms with Gasteiger partial charge in [0.2, 0.25) is 10.0 Å². The average Bonchev–Trinajstić information content (AvgIpc) is 2.25. The molecule has 6 nitrogen and oxygen atoms in total. The molecule has 1 fully saturated rings. The lowest BCUT2D eigenvalue weighted by Gasteiger charge is -2.32. The van der Waals surface area contributed by atoms with Crippen molar-refractivity contribution in [1.82, 2.24) is 4.31 Å². The van der Waals surface area contributed by atoms with E-state index in [0.717, 1.165) is 0 Å². The molecular weight excluding hydrogens is 300 g/mol. The Morgan fingerprint density at radius 2 is 2.10 bits per heavy atom. The topological polar surface area (TPSA) is 97.5 Å². The van der Waals surface area contributed by atoms with Gasteiger partial charge < -0.3 is 5.73 Å². The fourth-order valence-electron chi connectivity index (χ4n) is 2.37. The molecule has 20 heavy (non-hydrogen) atoms. The quantitative estimate of drug-likeness (QED) is 0.804. The van der Waals surface area contributed by atoms with Crippen LogP contribution in [0.2, 0.25) is 0 Å². The maximum absolute atomic E-state index is 12.4. The Bertz CT molecular complexity index is 698. The number of anilines is 1. The van der Waals surface area contributed by atoms with Gasteiger partial charge >= 0.3 is 0 Å². The van der Waals surface area contributed by atoms with Gasteiger partial charge in [0.25, 0.3) is 0 Å². The Morgan fingerprint density at radius 1 is 1.40 bits per heavy atom. The summed E-state index contributed by atoms with van der Waals surface area (Å²) >= 11 is 0. The molecule has 2 N–H and O–H groups in total. The minimum absolute atomic E-state index is 0.0220. The van der Waals surface area contributed by atoms with Crippen molar-refractivity contribution in [1.29, 1.82) is 0 Å². The molecule has 112 valence electrons. The van der Waals surface area contributed by atoms with Gasteiger partial charge in [-0.15, -0.1) is 0 Å². The first-order valence-corrected chi connectivity index (χ1v) is 9.67. The number of hydrogen-bond acceptors (Lipinski definition) is 5. The first-order valence-electron chi connectivity index (χ1n) is 6.24. The van der Waals surface area contributed by atoms with Gasteiger partial charge in [0.1, 0.15) is 0 Å². The summed E-state index contributed by atoms with van der Waals surface area (Å²) in [4.78, 5) is 0. The second-order valence-electron chi connectivity index (χ2n) is 5.08. The predicted octanol–water partition coefficient (Wildman–Crippen LogP) is 0.218. The lowest BCUT2D eigenvalue weighted by molar-refractivity contribution is 0.356. The lowest BCUT2D eigenvalue weighted by Crippen LogP contribution is -2.49. The molecule has 1 aromatic carbocycles. The van der Waals surface area contributed by atoms with Crippen LogP contribution < -0.4 is 5.73 Å². The smallest absolute Gasteiger partial charge is 0.218 e. The van der Waals surface area contributed by atoms with E-state index in [1.54, 1.807) is 31.2 Å². The Labute approximate surface area is 119 Å². The van der Waals surface area contributed by atoms with Crippen LogP contribution in [0.3, 0.4) is 0 Å². The SMILES string of the molecule is CC1CS(=O)(=O)CCN1S(=O)(=O)Cc1cccc(N)c1. The van der Waals surface area contributed by atoms with Crippen LogP contribution >= 0.6 is 0 Å². The molecule has 0 spiro atoms. The van der Waals surface area contributed by atoms with Crippen molar-refractivity contribution < 1.29 is 16.8 Å². The fourth-order valence-corrected chi connectivity index (χ4v) is 5.90. The Morgan fingerprint density at radius 3 is 2.70 bits per heavy atom. The zero-order valence-electron chi connectivity index (χ0n) is 11.2. The molecule has 0 aromatic heterocycles. The molecule has 1 unspecified atom stereocenters. The standard InChI is InChI=1S/C12H18N2O4S2/c1-10-8-19(15,16)6-5-14(10)20(17,18)9-11-3-2-4-12(13)7-11/h2-4,7,10H,5-6,8-9,13H2,1H3. The summed E-state index contributed by atoms with van der Waals surface area (Å²) in [6.45, 7) is 1.64. The highest BCUT2D eigenvalue weighted by atomic mass is 32.2. The minimum atomic E-state index is -3.54. The van der Waals surface area contributed by atoms with E-state index in [2.05, 4.69) is 0 Å². The summed E-state index contributed by atoms with van der Waals surface area (Å²) in [6, 6.07) is 6.17. The fraction of sp³-hybridized carbons (Fsp3) is 0.500. The van der Waals surface area contributed by atoms with Crippen LogP contribution in [0.15, 0.2) is 24.3 Å². The van der Waals surface area contributed by atoms with Crippen LogP contribution in [0.5, 0.6) is 0 Å². The van der Waals surface area contributed by atoms with E-state index in [4.69, 9.17) is 5.73 Å². The number of rotatable bonds is 3. The largest absolute Gasteiger partial charge is 0.399 e. The first-order chi connectivity index (χ1) is 9.20. The van der Waals surface area contributed by atoms with Crippen molar-refractivity contribution in [2.24, 2.45) is 0 Å². The van der Waals surface area contributed by atoms with Crippen molar-refractivity contribution in [2.45, 2.75) is 18.7 Å². The maximum Gasteiger partial charge on any atom is 0.218 e. The zero-order chi connectivity index (χ0) is 15.0. The molecule has 2 rings (SSSR count). The molecule has 0 bridgehead atoms. The number of benzene rings is 1. The van der Waals surface area contributed by atoms with E-state index >= 15 is 0 Å². The van der Waals surface area contributed by atoms with Crippen LogP contribution in [0.25, 0.3) is 0 Å². The molecule has 0 amide bonds. The highest BCUT2D eigenvalue weighted by Crippen LogP contribution is 2.20. The van der Waals surface area contributed by atoms with Crippen LogP contribution in [0, 0.1) is 0 Å². The summed E-state index contributed by atoms with van der Waals surface area (Å²) in [6.07, 6.45) is 0. The third-order valence-electron chi connectivity index (χ3n) is 3.27. The molecule has 1 aliphatic rings. The Kier molecular flexibility index (Phi) is 4.08. The van der Waals surface area contributed by atoms with Crippen LogP contribution in [-0.4, -0.2) is 45.2 Å². The van der Waals surface area contributed by atoms with Crippen molar-refractivity contribution in [3.63, 3.8) is 0 Å². The average molecular weight is 318 g/mol. The summed E-state index contributed by atoms with van der Waals surface area (Å²) < 4.78 is 49.0. The molecule has 0 radical (unpaired) electrons. The van der Waals surface area contributed by atoms with Crippen molar-refractivity contribution in [3.05, 3.63) is 29.8 Å². The number of nitrogens with two attached hydrogens (primary N) is 1. The number of nitrogens with zero attached hydrogens (tertiary/aromatic N) is 1. The highest BCUT2D eigenvalue weighted by Gasteiger charge is 2.35. The summed E-state index contributed by atoms with van der Waals surface area (Å²) in [5.41, 5.74) is 6.74. The zero-order valence-corrected chi connectivity index (χ0v) is 12.8. The van der Waals surface area contributed by atoms with Crippen LogP contribution in [0.4, 0.5) is 5.69 Å². The number of sulfone groups is 1. The van der Waals surface area contributed by atoms with E-state index in [1.165, 1.54) is 4.31 Å². The molecule has 1 heterocycles. The first kappa shape index (κ1) is 15.3. The van der Waals surface area contributed by atoms with E-state index in [-0.39, 0.29) is 23.8 Å². The van der Waals surface area contributed by atoms with Gasteiger partial charge in [-0.25, -0.2) is 16.8 Å². The minimum Gasteiger partial charge on any atom is -0.399 e. The third-order valence-corrected chi connectivity index (χ3v) is 7.02. The third kappa shape index (κ3) is 3.50. The summed E-state index contributed by atoms with van der Waals surface area (Å²) in [7, 11) is -6.67. The van der Waals surface area contributed by atoms with Crippen molar-refractivity contribution in [2.75, 3.05) is 23.8 Å². The normalized spacial score (nSPS) is 23.6. The van der Waals surface area contributed by atoms with Crippen LogP contribution in [-0.2, 0) is 25.6 Å². The second-order valence-corrected chi connectivity index (χ2v) is 9.23. The molecule has 1 atom stereocenters. The molecular formula is C12H18N2O4S2. The molecule has 8 heteroatoms. The highest BCUT2D eigenvalue weighted by molar-refractivity contribution is 7.92. The van der Waals surface area contributed by atoms with Gasteiger partial charge in [-0.05, 0) is 24.6 Å². The van der Waals surface area contributed by atoms with E-state index in [9.17, 15) is 16.8 Å². The Hall–Kier alpha value is -1.12.